The van der Waals surface area contributed by atoms with Gasteiger partial charge in [-0.15, -0.1) is 0 Å². The minimum atomic E-state index is -3.61. The fourth-order valence-corrected chi connectivity index (χ4v) is 3.99. The van der Waals surface area contributed by atoms with Crippen LogP contribution < -0.4 is 5.32 Å². The van der Waals surface area contributed by atoms with Crippen molar-refractivity contribution in [2.45, 2.75) is 37.8 Å². The van der Waals surface area contributed by atoms with Crippen LogP contribution in [0.2, 0.25) is 0 Å². The van der Waals surface area contributed by atoms with E-state index in [0.29, 0.717) is 18.7 Å². The highest BCUT2D eigenvalue weighted by atomic mass is 32.2. The average Bonchev–Trinajstić information content (AvgIpc) is 2.31. The first-order valence-corrected chi connectivity index (χ1v) is 7.77. The molecular formula is C13H19FN2O2S. The summed E-state index contributed by atoms with van der Waals surface area (Å²) < 4.78 is 39.9. The third kappa shape index (κ3) is 2.96. The zero-order chi connectivity index (χ0) is 14.2. The van der Waals surface area contributed by atoms with Crippen LogP contribution in [0.5, 0.6) is 0 Å². The van der Waals surface area contributed by atoms with Crippen LogP contribution in [0, 0.1) is 12.7 Å². The average molecular weight is 286 g/mol. The summed E-state index contributed by atoms with van der Waals surface area (Å²) in [5.74, 6) is -0.489. The van der Waals surface area contributed by atoms with Gasteiger partial charge >= 0.3 is 0 Å². The Kier molecular flexibility index (Phi) is 3.94. The molecule has 1 aromatic rings. The van der Waals surface area contributed by atoms with Crippen LogP contribution in [-0.4, -0.2) is 37.9 Å². The number of rotatable bonds is 2. The lowest BCUT2D eigenvalue weighted by atomic mass is 10.2. The molecular weight excluding hydrogens is 267 g/mol. The first kappa shape index (κ1) is 14.4. The molecule has 4 nitrogen and oxygen atoms in total. The summed E-state index contributed by atoms with van der Waals surface area (Å²) in [6.45, 7) is 6.30. The molecule has 0 aliphatic carbocycles. The van der Waals surface area contributed by atoms with Gasteiger partial charge in [0.25, 0.3) is 0 Å². The van der Waals surface area contributed by atoms with Crippen molar-refractivity contribution in [2.24, 2.45) is 0 Å². The molecule has 0 saturated carbocycles. The van der Waals surface area contributed by atoms with E-state index in [0.717, 1.165) is 6.07 Å². The first-order chi connectivity index (χ1) is 8.80. The van der Waals surface area contributed by atoms with Crippen LogP contribution in [0.4, 0.5) is 4.39 Å². The molecule has 1 aromatic carbocycles. The van der Waals surface area contributed by atoms with E-state index in [1.807, 2.05) is 13.8 Å². The van der Waals surface area contributed by atoms with Crippen molar-refractivity contribution in [1.82, 2.24) is 9.62 Å². The molecule has 0 radical (unpaired) electrons. The maximum atomic E-state index is 13.5. The van der Waals surface area contributed by atoms with Crippen molar-refractivity contribution >= 4 is 10.0 Å². The molecule has 1 fully saturated rings. The summed E-state index contributed by atoms with van der Waals surface area (Å²) in [5, 5.41) is 3.27. The number of sulfonamides is 1. The molecule has 1 aliphatic rings. The zero-order valence-electron chi connectivity index (χ0n) is 11.4. The number of nitrogens with one attached hydrogen (secondary N) is 1. The van der Waals surface area contributed by atoms with Crippen LogP contribution in [0.25, 0.3) is 0 Å². The maximum Gasteiger partial charge on any atom is 0.243 e. The predicted molar refractivity (Wildman–Crippen MR) is 72.0 cm³/mol. The standard InChI is InChI=1S/C13H19FN2O2S/c1-9-4-5-12(6-13(9)14)19(17,18)16-7-10(2)15-11(3)8-16/h4-6,10-11,15H,7-8H2,1-3H3. The molecule has 2 atom stereocenters. The van der Waals surface area contributed by atoms with Gasteiger partial charge in [0.15, 0.2) is 0 Å². The Bertz CT molecular complexity index is 564. The number of benzene rings is 1. The zero-order valence-corrected chi connectivity index (χ0v) is 12.2. The highest BCUT2D eigenvalue weighted by molar-refractivity contribution is 7.89. The van der Waals surface area contributed by atoms with Crippen LogP contribution in [0.3, 0.4) is 0 Å². The molecule has 1 saturated heterocycles. The Morgan fingerprint density at radius 1 is 1.26 bits per heavy atom. The van der Waals surface area contributed by atoms with Crippen LogP contribution >= 0.6 is 0 Å². The Labute approximate surface area is 113 Å². The van der Waals surface area contributed by atoms with Crippen molar-refractivity contribution in [3.05, 3.63) is 29.6 Å². The fourth-order valence-electron chi connectivity index (χ4n) is 2.36. The summed E-state index contributed by atoms with van der Waals surface area (Å²) in [6, 6.07) is 4.24. The molecule has 2 unspecified atom stereocenters. The number of halogens is 1. The molecule has 6 heteroatoms. The number of aryl methyl sites for hydroxylation is 1. The normalized spacial score (nSPS) is 25.5. The molecule has 19 heavy (non-hydrogen) atoms. The molecule has 0 aromatic heterocycles. The SMILES string of the molecule is Cc1ccc(S(=O)(=O)N2CC(C)NC(C)C2)cc1F. The van der Waals surface area contributed by atoms with E-state index in [-0.39, 0.29) is 17.0 Å². The molecule has 0 bridgehead atoms. The summed E-state index contributed by atoms with van der Waals surface area (Å²) in [7, 11) is -3.61. The Hall–Kier alpha value is -0.980. The van der Waals surface area contributed by atoms with Gasteiger partial charge in [-0.3, -0.25) is 0 Å². The van der Waals surface area contributed by atoms with Gasteiger partial charge < -0.3 is 5.32 Å². The fraction of sp³-hybridized carbons (Fsp3) is 0.538. The number of piperazine rings is 1. The van der Waals surface area contributed by atoms with Gasteiger partial charge in [-0.2, -0.15) is 4.31 Å². The van der Waals surface area contributed by atoms with Gasteiger partial charge in [0.1, 0.15) is 5.82 Å². The lowest BCUT2D eigenvalue weighted by Crippen LogP contribution is -2.55. The Morgan fingerprint density at radius 2 is 1.84 bits per heavy atom. The van der Waals surface area contributed by atoms with Crippen LogP contribution in [0.1, 0.15) is 19.4 Å². The van der Waals surface area contributed by atoms with Crippen molar-refractivity contribution in [2.75, 3.05) is 13.1 Å². The highest BCUT2D eigenvalue weighted by Gasteiger charge is 2.31. The number of hydrogen-bond donors (Lipinski definition) is 1. The molecule has 106 valence electrons. The first-order valence-electron chi connectivity index (χ1n) is 6.33. The van der Waals surface area contributed by atoms with E-state index in [1.54, 1.807) is 6.92 Å². The Morgan fingerprint density at radius 3 is 2.37 bits per heavy atom. The van der Waals surface area contributed by atoms with Crippen molar-refractivity contribution in [3.8, 4) is 0 Å². The minimum Gasteiger partial charge on any atom is -0.309 e. The van der Waals surface area contributed by atoms with Crippen LogP contribution in [-0.2, 0) is 10.0 Å². The quantitative estimate of drug-likeness (QED) is 0.896. The van der Waals surface area contributed by atoms with E-state index in [1.165, 1.54) is 16.4 Å². The second kappa shape index (κ2) is 5.19. The monoisotopic (exact) mass is 286 g/mol. The topological polar surface area (TPSA) is 49.4 Å². The van der Waals surface area contributed by atoms with Crippen molar-refractivity contribution in [1.29, 1.82) is 0 Å². The molecule has 1 aliphatic heterocycles. The smallest absolute Gasteiger partial charge is 0.243 e. The number of hydrogen-bond acceptors (Lipinski definition) is 3. The van der Waals surface area contributed by atoms with Gasteiger partial charge in [0, 0.05) is 25.2 Å². The van der Waals surface area contributed by atoms with Crippen LogP contribution in [0.15, 0.2) is 23.1 Å². The predicted octanol–water partition coefficient (Wildman–Crippen LogP) is 1.51. The maximum absolute atomic E-state index is 13.5. The third-order valence-electron chi connectivity index (χ3n) is 3.31. The summed E-state index contributed by atoms with van der Waals surface area (Å²) in [4.78, 5) is 0.0249. The van der Waals surface area contributed by atoms with E-state index in [2.05, 4.69) is 5.32 Å². The second-order valence-electron chi connectivity index (χ2n) is 5.20. The molecule has 1 heterocycles. The Balaban J connectivity index is 2.33. The molecule has 1 N–H and O–H groups in total. The molecule has 2 rings (SSSR count). The summed E-state index contributed by atoms with van der Waals surface area (Å²) in [6.07, 6.45) is 0. The lowest BCUT2D eigenvalue weighted by molar-refractivity contribution is 0.263. The van der Waals surface area contributed by atoms with E-state index in [4.69, 9.17) is 0 Å². The third-order valence-corrected chi connectivity index (χ3v) is 5.13. The van der Waals surface area contributed by atoms with E-state index < -0.39 is 15.8 Å². The van der Waals surface area contributed by atoms with Gasteiger partial charge in [0.05, 0.1) is 4.90 Å². The largest absolute Gasteiger partial charge is 0.309 e. The van der Waals surface area contributed by atoms with E-state index >= 15 is 0 Å². The molecule has 0 spiro atoms. The molecule has 0 amide bonds. The summed E-state index contributed by atoms with van der Waals surface area (Å²) in [5.41, 5.74) is 0.445. The summed E-state index contributed by atoms with van der Waals surface area (Å²) >= 11 is 0. The highest BCUT2D eigenvalue weighted by Crippen LogP contribution is 2.20. The minimum absolute atomic E-state index is 0.0249. The van der Waals surface area contributed by atoms with Gasteiger partial charge in [-0.25, -0.2) is 12.8 Å². The van der Waals surface area contributed by atoms with Crippen molar-refractivity contribution < 1.29 is 12.8 Å². The van der Waals surface area contributed by atoms with Crippen molar-refractivity contribution in [3.63, 3.8) is 0 Å². The van der Waals surface area contributed by atoms with E-state index in [9.17, 15) is 12.8 Å². The lowest BCUT2D eigenvalue weighted by Gasteiger charge is -2.35. The van der Waals surface area contributed by atoms with Gasteiger partial charge in [-0.1, -0.05) is 6.07 Å². The number of nitrogens with zero attached hydrogens (tertiary/aromatic N) is 1. The van der Waals surface area contributed by atoms with Gasteiger partial charge in [-0.05, 0) is 38.5 Å². The van der Waals surface area contributed by atoms with Gasteiger partial charge in [0.2, 0.25) is 10.0 Å². The second-order valence-corrected chi connectivity index (χ2v) is 7.14.